The van der Waals surface area contributed by atoms with Crippen molar-refractivity contribution in [3.05, 3.63) is 35.8 Å². The molecule has 0 amide bonds. The highest BCUT2D eigenvalue weighted by Crippen LogP contribution is 2.32. The highest BCUT2D eigenvalue weighted by molar-refractivity contribution is 5.90. The third-order valence-electron chi connectivity index (χ3n) is 5.28. The number of nitriles is 1. The largest absolute Gasteiger partial charge is 0.481 e. The quantitative estimate of drug-likeness (QED) is 0.694. The summed E-state index contributed by atoms with van der Waals surface area (Å²) in [5, 5.41) is 28.3. The van der Waals surface area contributed by atoms with Gasteiger partial charge in [-0.2, -0.15) is 5.26 Å². The van der Waals surface area contributed by atoms with Crippen LogP contribution in [0.15, 0.2) is 24.4 Å². The number of hydrogen-bond acceptors (Lipinski definition) is 5. The van der Waals surface area contributed by atoms with E-state index in [1.165, 1.54) is 12.1 Å². The molecule has 0 aliphatic carbocycles. The topological polar surface area (TPSA) is 110 Å². The van der Waals surface area contributed by atoms with E-state index in [1.807, 2.05) is 4.90 Å². The van der Waals surface area contributed by atoms with Crippen LogP contribution in [0.25, 0.3) is 10.9 Å². The normalized spacial score (nSPS) is 16.6. The van der Waals surface area contributed by atoms with Crippen molar-refractivity contribution in [3.8, 4) is 6.07 Å². The first-order valence-electron chi connectivity index (χ1n) is 9.47. The Bertz CT molecular complexity index is 944. The van der Waals surface area contributed by atoms with Crippen molar-refractivity contribution in [3.63, 3.8) is 0 Å². The number of carboxylic acid groups (broad SMARTS) is 2. The Hall–Kier alpha value is -2.96. The summed E-state index contributed by atoms with van der Waals surface area (Å²) in [5.41, 5.74) is 1.02. The maximum absolute atomic E-state index is 13.8. The van der Waals surface area contributed by atoms with Gasteiger partial charge in [0.25, 0.3) is 0 Å². The Labute approximate surface area is 167 Å². The van der Waals surface area contributed by atoms with Crippen molar-refractivity contribution in [2.75, 3.05) is 32.7 Å². The molecule has 0 bridgehead atoms. The molecule has 29 heavy (non-hydrogen) atoms. The fourth-order valence-electron chi connectivity index (χ4n) is 3.85. The zero-order valence-corrected chi connectivity index (χ0v) is 15.9. The number of fused-ring (bicyclic) bond motifs is 1. The number of aliphatic carboxylic acids is 2. The lowest BCUT2D eigenvalue weighted by Crippen LogP contribution is -2.49. The minimum atomic E-state index is -1.00. The molecule has 3 rings (SSSR count). The second-order valence-corrected chi connectivity index (χ2v) is 7.11. The van der Waals surface area contributed by atoms with Crippen LogP contribution in [0.1, 0.15) is 24.4 Å². The maximum Gasteiger partial charge on any atom is 0.325 e. The van der Waals surface area contributed by atoms with Gasteiger partial charge in [-0.25, -0.2) is 4.39 Å². The fourth-order valence-corrected chi connectivity index (χ4v) is 3.85. The van der Waals surface area contributed by atoms with Gasteiger partial charge in [0, 0.05) is 62.8 Å². The molecular weight excluding hydrogens is 379 g/mol. The van der Waals surface area contributed by atoms with Gasteiger partial charge in [-0.15, -0.1) is 0 Å². The summed E-state index contributed by atoms with van der Waals surface area (Å²) in [4.78, 5) is 27.1. The van der Waals surface area contributed by atoms with E-state index in [-0.39, 0.29) is 13.0 Å². The molecule has 1 aromatic heterocycles. The molecule has 1 saturated heterocycles. The monoisotopic (exact) mass is 402 g/mol. The summed E-state index contributed by atoms with van der Waals surface area (Å²) in [6, 6.07) is 5.35. The summed E-state index contributed by atoms with van der Waals surface area (Å²) in [6.45, 7) is 3.19. The average molecular weight is 402 g/mol. The van der Waals surface area contributed by atoms with E-state index in [2.05, 4.69) is 11.0 Å². The number of carboxylic acids is 2. The fraction of sp³-hybridized carbons (Fsp3) is 0.450. The number of piperazine rings is 1. The van der Waals surface area contributed by atoms with Gasteiger partial charge in [-0.05, 0) is 18.2 Å². The van der Waals surface area contributed by atoms with Crippen molar-refractivity contribution < 1.29 is 24.2 Å². The van der Waals surface area contributed by atoms with Gasteiger partial charge in [0.15, 0.2) is 0 Å². The van der Waals surface area contributed by atoms with Crippen molar-refractivity contribution >= 4 is 22.8 Å². The van der Waals surface area contributed by atoms with E-state index in [1.54, 1.807) is 16.8 Å². The molecule has 0 spiro atoms. The van der Waals surface area contributed by atoms with Gasteiger partial charge >= 0.3 is 11.9 Å². The molecule has 1 atom stereocenters. The highest BCUT2D eigenvalue weighted by atomic mass is 19.1. The Morgan fingerprint density at radius 2 is 1.90 bits per heavy atom. The van der Waals surface area contributed by atoms with Crippen LogP contribution < -0.4 is 0 Å². The van der Waals surface area contributed by atoms with Crippen LogP contribution in [0.5, 0.6) is 0 Å². The van der Waals surface area contributed by atoms with Crippen LogP contribution >= 0.6 is 0 Å². The first-order chi connectivity index (χ1) is 13.9. The Kier molecular flexibility index (Phi) is 6.46. The van der Waals surface area contributed by atoms with E-state index < -0.39 is 23.8 Å². The number of aryl methyl sites for hydroxylation is 1. The lowest BCUT2D eigenvalue weighted by molar-refractivity contribution is -0.144. The second-order valence-electron chi connectivity index (χ2n) is 7.11. The van der Waals surface area contributed by atoms with Gasteiger partial charge in [-0.3, -0.25) is 19.4 Å². The van der Waals surface area contributed by atoms with E-state index in [4.69, 9.17) is 10.4 Å². The number of aromatic nitrogens is 1. The van der Waals surface area contributed by atoms with Gasteiger partial charge in [-0.1, -0.05) is 0 Å². The van der Waals surface area contributed by atoms with Crippen molar-refractivity contribution in [2.24, 2.45) is 0 Å². The molecule has 2 aromatic rings. The van der Waals surface area contributed by atoms with Crippen LogP contribution in [0.2, 0.25) is 0 Å². The van der Waals surface area contributed by atoms with Gasteiger partial charge in [0.2, 0.25) is 0 Å². The summed E-state index contributed by atoms with van der Waals surface area (Å²) in [7, 11) is 0. The number of hydrogen-bond donors (Lipinski definition) is 2. The van der Waals surface area contributed by atoms with Crippen LogP contribution in [0.4, 0.5) is 4.39 Å². The minimum Gasteiger partial charge on any atom is -0.481 e. The van der Waals surface area contributed by atoms with Gasteiger partial charge < -0.3 is 14.8 Å². The standard InChI is InChI=1S/C20H23FN4O4/c21-14-2-3-15-16(13-25(17(15)12-14)7-4-18(26)27)19(20(28)29)24-10-8-23(9-11-24)6-1-5-22/h2-3,12-13,19H,1,4,6-11H2,(H,26,27)(H,28,29)/t19-/m0/s1. The number of benzene rings is 1. The second kappa shape index (κ2) is 9.03. The number of nitrogens with zero attached hydrogens (tertiary/aromatic N) is 4. The van der Waals surface area contributed by atoms with E-state index in [0.29, 0.717) is 55.6 Å². The third-order valence-corrected chi connectivity index (χ3v) is 5.28. The molecule has 0 saturated carbocycles. The SMILES string of the molecule is N#CCCN1CCN([C@H](C(=O)O)c2cn(CCC(=O)O)c3cc(F)ccc23)CC1. The lowest BCUT2D eigenvalue weighted by atomic mass is 10.0. The van der Waals surface area contributed by atoms with E-state index in [9.17, 15) is 19.1 Å². The number of halogens is 1. The third kappa shape index (κ3) is 4.72. The summed E-state index contributed by atoms with van der Waals surface area (Å²) < 4.78 is 15.4. The smallest absolute Gasteiger partial charge is 0.325 e. The zero-order valence-electron chi connectivity index (χ0n) is 15.9. The first kappa shape index (κ1) is 20.8. The van der Waals surface area contributed by atoms with Gasteiger partial charge in [0.05, 0.1) is 18.0 Å². The summed E-state index contributed by atoms with van der Waals surface area (Å²) >= 11 is 0. The van der Waals surface area contributed by atoms with Crippen molar-refractivity contribution in [1.29, 1.82) is 5.26 Å². The molecule has 1 aliphatic rings. The molecule has 1 aliphatic heterocycles. The molecular formula is C20H23FN4O4. The van der Waals surface area contributed by atoms with Crippen LogP contribution in [-0.4, -0.2) is 69.2 Å². The van der Waals surface area contributed by atoms with Crippen molar-refractivity contribution in [2.45, 2.75) is 25.4 Å². The minimum absolute atomic E-state index is 0.129. The Morgan fingerprint density at radius 1 is 1.17 bits per heavy atom. The molecule has 2 N–H and O–H groups in total. The predicted octanol–water partition coefficient (Wildman–Crippen LogP) is 1.91. The Balaban J connectivity index is 1.90. The zero-order chi connectivity index (χ0) is 21.0. The molecule has 0 unspecified atom stereocenters. The predicted molar refractivity (Wildman–Crippen MR) is 103 cm³/mol. The molecule has 154 valence electrons. The highest BCUT2D eigenvalue weighted by Gasteiger charge is 2.32. The first-order valence-corrected chi connectivity index (χ1v) is 9.47. The molecule has 9 heteroatoms. The van der Waals surface area contributed by atoms with Crippen LogP contribution in [0.3, 0.4) is 0 Å². The van der Waals surface area contributed by atoms with E-state index in [0.717, 1.165) is 0 Å². The molecule has 1 aromatic carbocycles. The average Bonchev–Trinajstić information content (AvgIpc) is 3.03. The van der Waals surface area contributed by atoms with E-state index >= 15 is 0 Å². The Morgan fingerprint density at radius 3 is 2.52 bits per heavy atom. The van der Waals surface area contributed by atoms with Crippen LogP contribution in [0, 0.1) is 17.1 Å². The molecule has 0 radical (unpaired) electrons. The number of carbonyl (C=O) groups is 2. The molecule has 8 nitrogen and oxygen atoms in total. The number of rotatable bonds is 8. The van der Waals surface area contributed by atoms with Gasteiger partial charge in [0.1, 0.15) is 11.9 Å². The summed E-state index contributed by atoms with van der Waals surface area (Å²) in [5.74, 6) is -2.44. The lowest BCUT2D eigenvalue weighted by Gasteiger charge is -2.37. The van der Waals surface area contributed by atoms with Crippen molar-refractivity contribution in [1.82, 2.24) is 14.4 Å². The van der Waals surface area contributed by atoms with Crippen LogP contribution in [-0.2, 0) is 16.1 Å². The molecule has 2 heterocycles. The maximum atomic E-state index is 13.8. The molecule has 1 fully saturated rings. The summed E-state index contributed by atoms with van der Waals surface area (Å²) in [6.07, 6.45) is 1.92.